The molecule has 0 N–H and O–H groups in total. The lowest BCUT2D eigenvalue weighted by Crippen LogP contribution is -2.40. The van der Waals surface area contributed by atoms with Crippen molar-refractivity contribution in [2.24, 2.45) is 0 Å². The number of likely N-dealkylation sites (tertiary alicyclic amines) is 1. The molecule has 0 aromatic heterocycles. The molecule has 0 aliphatic carbocycles. The molecule has 166 valence electrons. The Hall–Kier alpha value is -3.26. The number of nitrogens with zero attached hydrogens (tertiary/aromatic N) is 2. The number of hydrogen-bond acceptors (Lipinski definition) is 6. The molecular weight excluding hydrogens is 428 g/mol. The third kappa shape index (κ3) is 4.96. The molecule has 2 saturated heterocycles. The smallest absolute Gasteiger partial charge is 0.294 e. The number of thioether (sulfide) groups is 1. The lowest BCUT2D eigenvalue weighted by atomic mass is 10.1. The topological polar surface area (TPSA) is 76.2 Å². The zero-order valence-electron chi connectivity index (χ0n) is 17.8. The summed E-state index contributed by atoms with van der Waals surface area (Å²) in [5.74, 6) is 0.472. The van der Waals surface area contributed by atoms with Crippen LogP contribution in [0.2, 0.25) is 0 Å². The first-order valence-electron chi connectivity index (χ1n) is 10.4. The Morgan fingerprint density at radius 2 is 1.81 bits per heavy atom. The van der Waals surface area contributed by atoms with Crippen molar-refractivity contribution < 1.29 is 23.9 Å². The predicted molar refractivity (Wildman–Crippen MR) is 122 cm³/mol. The monoisotopic (exact) mass is 452 g/mol. The highest BCUT2D eigenvalue weighted by molar-refractivity contribution is 8.18. The normalized spacial score (nSPS) is 17.3. The van der Waals surface area contributed by atoms with E-state index in [2.05, 4.69) is 0 Å². The van der Waals surface area contributed by atoms with Gasteiger partial charge in [-0.05, 0) is 53.9 Å². The van der Waals surface area contributed by atoms with Crippen LogP contribution in [0, 0.1) is 0 Å². The molecule has 2 heterocycles. The van der Waals surface area contributed by atoms with Gasteiger partial charge in [0.05, 0.1) is 12.0 Å². The van der Waals surface area contributed by atoms with Crippen LogP contribution in [-0.2, 0) is 16.2 Å². The number of hydrogen-bond donors (Lipinski definition) is 0. The van der Waals surface area contributed by atoms with Crippen molar-refractivity contribution in [1.82, 2.24) is 9.80 Å². The minimum Gasteiger partial charge on any atom is -0.493 e. The molecule has 32 heavy (non-hydrogen) atoms. The molecule has 0 saturated carbocycles. The Bertz CT molecular complexity index is 1050. The van der Waals surface area contributed by atoms with Crippen LogP contribution in [0.5, 0.6) is 11.5 Å². The maximum atomic E-state index is 12.7. The average molecular weight is 453 g/mol. The van der Waals surface area contributed by atoms with Crippen molar-refractivity contribution in [3.8, 4) is 11.5 Å². The molecule has 0 atom stereocenters. The minimum absolute atomic E-state index is 0.187. The number of amides is 3. The van der Waals surface area contributed by atoms with E-state index in [9.17, 15) is 14.4 Å². The van der Waals surface area contributed by atoms with Crippen LogP contribution in [0.25, 0.3) is 6.08 Å². The highest BCUT2D eigenvalue weighted by Gasteiger charge is 2.37. The van der Waals surface area contributed by atoms with Gasteiger partial charge < -0.3 is 14.4 Å². The first-order valence-corrected chi connectivity index (χ1v) is 11.2. The van der Waals surface area contributed by atoms with Crippen LogP contribution in [0.15, 0.2) is 53.4 Å². The van der Waals surface area contributed by atoms with Crippen molar-refractivity contribution in [3.05, 3.63) is 64.6 Å². The molecule has 2 fully saturated rings. The van der Waals surface area contributed by atoms with E-state index in [0.29, 0.717) is 36.8 Å². The van der Waals surface area contributed by atoms with Gasteiger partial charge in [0.2, 0.25) is 5.91 Å². The van der Waals surface area contributed by atoms with Crippen molar-refractivity contribution in [2.45, 2.75) is 19.4 Å². The molecule has 2 aromatic rings. The van der Waals surface area contributed by atoms with E-state index in [1.54, 1.807) is 36.3 Å². The van der Waals surface area contributed by atoms with Crippen LogP contribution in [-0.4, -0.2) is 53.6 Å². The molecule has 4 rings (SSSR count). The number of benzene rings is 2. The third-order valence-corrected chi connectivity index (χ3v) is 6.26. The zero-order chi connectivity index (χ0) is 22.5. The van der Waals surface area contributed by atoms with Crippen molar-refractivity contribution in [1.29, 1.82) is 0 Å². The second kappa shape index (κ2) is 9.91. The van der Waals surface area contributed by atoms with Gasteiger partial charge in [0.25, 0.3) is 11.1 Å². The molecule has 0 radical (unpaired) electrons. The van der Waals surface area contributed by atoms with Crippen LogP contribution >= 0.6 is 11.8 Å². The zero-order valence-corrected chi connectivity index (χ0v) is 18.6. The van der Waals surface area contributed by atoms with Gasteiger partial charge >= 0.3 is 0 Å². The molecule has 8 heteroatoms. The average Bonchev–Trinajstić information content (AvgIpc) is 3.44. The van der Waals surface area contributed by atoms with E-state index in [4.69, 9.17) is 9.47 Å². The Balaban J connectivity index is 1.45. The summed E-state index contributed by atoms with van der Waals surface area (Å²) in [7, 11) is 1.55. The number of imide groups is 1. The van der Waals surface area contributed by atoms with E-state index in [-0.39, 0.29) is 17.4 Å². The summed E-state index contributed by atoms with van der Waals surface area (Å²) in [4.78, 5) is 40.5. The Kier molecular flexibility index (Phi) is 6.80. The van der Waals surface area contributed by atoms with E-state index in [1.807, 2.05) is 30.3 Å². The van der Waals surface area contributed by atoms with Gasteiger partial charge in [-0.25, -0.2) is 0 Å². The Morgan fingerprint density at radius 1 is 1.06 bits per heavy atom. The van der Waals surface area contributed by atoms with Gasteiger partial charge in [-0.3, -0.25) is 19.3 Å². The summed E-state index contributed by atoms with van der Waals surface area (Å²) < 4.78 is 11.3. The molecule has 2 aliphatic rings. The number of carbonyl (C=O) groups excluding carboxylic acids is 3. The molecule has 0 spiro atoms. The quantitative estimate of drug-likeness (QED) is 0.593. The molecule has 2 aliphatic heterocycles. The second-order valence-electron chi connectivity index (χ2n) is 7.54. The first kappa shape index (κ1) is 22.0. The lowest BCUT2D eigenvalue weighted by Gasteiger charge is -2.18. The maximum Gasteiger partial charge on any atom is 0.294 e. The molecule has 2 aromatic carbocycles. The fourth-order valence-electron chi connectivity index (χ4n) is 3.62. The van der Waals surface area contributed by atoms with Gasteiger partial charge in [-0.1, -0.05) is 36.4 Å². The summed E-state index contributed by atoms with van der Waals surface area (Å²) in [6.07, 6.45) is 3.55. The number of carbonyl (C=O) groups is 3. The Morgan fingerprint density at radius 3 is 2.53 bits per heavy atom. The van der Waals surface area contributed by atoms with E-state index in [0.717, 1.165) is 35.1 Å². The van der Waals surface area contributed by atoms with E-state index in [1.165, 1.54) is 0 Å². The molecule has 3 amide bonds. The number of rotatable bonds is 7. The van der Waals surface area contributed by atoms with Gasteiger partial charge in [0, 0.05) is 13.1 Å². The summed E-state index contributed by atoms with van der Waals surface area (Å²) in [5, 5.41) is -0.427. The van der Waals surface area contributed by atoms with E-state index >= 15 is 0 Å². The van der Waals surface area contributed by atoms with Gasteiger partial charge in [-0.2, -0.15) is 0 Å². The molecule has 7 nitrogen and oxygen atoms in total. The fourth-order valence-corrected chi connectivity index (χ4v) is 4.46. The van der Waals surface area contributed by atoms with Crippen LogP contribution in [0.3, 0.4) is 0 Å². The molecular formula is C24H24N2O5S. The van der Waals surface area contributed by atoms with Gasteiger partial charge in [-0.15, -0.1) is 0 Å². The number of ether oxygens (including phenoxy) is 2. The first-order chi connectivity index (χ1) is 15.5. The van der Waals surface area contributed by atoms with Crippen molar-refractivity contribution in [2.75, 3.05) is 26.7 Å². The Labute approximate surface area is 191 Å². The van der Waals surface area contributed by atoms with Crippen LogP contribution in [0.1, 0.15) is 24.0 Å². The highest BCUT2D eigenvalue weighted by atomic mass is 32.2. The predicted octanol–water partition coefficient (Wildman–Crippen LogP) is 3.93. The summed E-state index contributed by atoms with van der Waals surface area (Å²) >= 11 is 0.842. The summed E-state index contributed by atoms with van der Waals surface area (Å²) in [6.45, 7) is 1.56. The minimum atomic E-state index is -0.448. The van der Waals surface area contributed by atoms with Gasteiger partial charge in [0.15, 0.2) is 11.5 Å². The summed E-state index contributed by atoms with van der Waals surface area (Å²) in [5.41, 5.74) is 1.74. The standard InChI is InChI=1S/C24H24N2O5S/c1-30-20-13-18(9-10-19(20)31-16-17-7-3-2-4-8-17)14-21-23(28)26(24(29)32-21)15-22(27)25-11-5-6-12-25/h2-4,7-10,13-14H,5-6,11-12,15-16H2,1H3/b21-14-. The SMILES string of the molecule is COc1cc(/C=C2\SC(=O)N(CC(=O)N3CCCC3)C2=O)ccc1OCc1ccccc1. The summed E-state index contributed by atoms with van der Waals surface area (Å²) in [6, 6.07) is 15.1. The van der Waals surface area contributed by atoms with Crippen LogP contribution < -0.4 is 9.47 Å². The second-order valence-corrected chi connectivity index (χ2v) is 8.53. The largest absolute Gasteiger partial charge is 0.493 e. The molecule has 0 unspecified atom stereocenters. The molecule has 0 bridgehead atoms. The van der Waals surface area contributed by atoms with E-state index < -0.39 is 11.1 Å². The lowest BCUT2D eigenvalue weighted by molar-refractivity contribution is -0.135. The highest BCUT2D eigenvalue weighted by Crippen LogP contribution is 2.35. The van der Waals surface area contributed by atoms with Crippen molar-refractivity contribution >= 4 is 34.9 Å². The van der Waals surface area contributed by atoms with Crippen molar-refractivity contribution in [3.63, 3.8) is 0 Å². The third-order valence-electron chi connectivity index (χ3n) is 5.35. The fraction of sp³-hybridized carbons (Fsp3) is 0.292. The van der Waals surface area contributed by atoms with Crippen LogP contribution in [0.4, 0.5) is 4.79 Å². The number of methoxy groups -OCH3 is 1. The van der Waals surface area contributed by atoms with Gasteiger partial charge in [0.1, 0.15) is 13.2 Å². The maximum absolute atomic E-state index is 12.7.